The van der Waals surface area contributed by atoms with Crippen LogP contribution in [0, 0.1) is 15.9 Å². The minimum atomic E-state index is -3.25. The molecule has 0 spiro atoms. The van der Waals surface area contributed by atoms with Crippen LogP contribution in [-0.4, -0.2) is 16.0 Å². The van der Waals surface area contributed by atoms with Gasteiger partial charge in [-0.2, -0.15) is 0 Å². The molecule has 0 bridgehead atoms. The summed E-state index contributed by atoms with van der Waals surface area (Å²) >= 11 is 0. The highest BCUT2D eigenvalue weighted by Gasteiger charge is 2.26. The van der Waals surface area contributed by atoms with Crippen molar-refractivity contribution in [3.05, 3.63) is 39.2 Å². The number of nitro groups is 1. The van der Waals surface area contributed by atoms with Crippen LogP contribution in [-0.2, 0) is 0 Å². The average molecular weight is 235 g/mol. The van der Waals surface area contributed by atoms with Gasteiger partial charge in [0, 0.05) is 6.07 Å². The first-order valence-electron chi connectivity index (χ1n) is 3.84. The molecule has 1 N–H and O–H groups in total. The summed E-state index contributed by atoms with van der Waals surface area (Å²) in [6.07, 6.45) is -3.25. The second kappa shape index (κ2) is 4.17. The van der Waals surface area contributed by atoms with Gasteiger partial charge in [0.05, 0.1) is 10.5 Å². The molecule has 0 saturated heterocycles. The summed E-state index contributed by atoms with van der Waals surface area (Å²) < 4.78 is 37.5. The maximum atomic E-state index is 13.0. The van der Waals surface area contributed by atoms with Crippen LogP contribution in [0.4, 0.5) is 18.9 Å². The Kier molecular flexibility index (Phi) is 3.11. The number of carbonyl (C=O) groups is 1. The Hall–Kier alpha value is -2.12. The summed E-state index contributed by atoms with van der Waals surface area (Å²) in [5, 5.41) is 18.8. The topological polar surface area (TPSA) is 80.4 Å². The highest BCUT2D eigenvalue weighted by atomic mass is 19.3. The van der Waals surface area contributed by atoms with Crippen LogP contribution < -0.4 is 0 Å². The van der Waals surface area contributed by atoms with Crippen molar-refractivity contribution in [3.8, 4) is 0 Å². The van der Waals surface area contributed by atoms with E-state index in [1.165, 1.54) is 0 Å². The van der Waals surface area contributed by atoms with Gasteiger partial charge in [0.2, 0.25) is 0 Å². The predicted molar refractivity (Wildman–Crippen MR) is 45.0 cm³/mol. The Morgan fingerprint density at radius 3 is 2.38 bits per heavy atom. The summed E-state index contributed by atoms with van der Waals surface area (Å²) in [7, 11) is 0. The summed E-state index contributed by atoms with van der Waals surface area (Å²) in [5.41, 5.74) is -3.28. The Morgan fingerprint density at radius 1 is 1.44 bits per heavy atom. The zero-order valence-corrected chi connectivity index (χ0v) is 7.49. The van der Waals surface area contributed by atoms with Crippen molar-refractivity contribution in [1.29, 1.82) is 0 Å². The lowest BCUT2D eigenvalue weighted by atomic mass is 10.1. The maximum Gasteiger partial charge on any atom is 0.338 e. The van der Waals surface area contributed by atoms with E-state index in [4.69, 9.17) is 5.11 Å². The number of nitro benzene ring substituents is 1. The molecular weight excluding hydrogens is 231 g/mol. The van der Waals surface area contributed by atoms with E-state index in [1.54, 1.807) is 0 Å². The summed E-state index contributed by atoms with van der Waals surface area (Å²) in [4.78, 5) is 19.6. The molecule has 1 aromatic carbocycles. The molecule has 0 aliphatic rings. The molecule has 5 nitrogen and oxygen atoms in total. The zero-order chi connectivity index (χ0) is 12.5. The minimum absolute atomic E-state index is 0.159. The van der Waals surface area contributed by atoms with Crippen LogP contribution in [0.15, 0.2) is 12.1 Å². The Morgan fingerprint density at radius 2 is 2.00 bits per heavy atom. The molecule has 0 atom stereocenters. The molecule has 0 amide bonds. The molecule has 86 valence electrons. The molecule has 0 fully saturated rings. The third-order valence-corrected chi connectivity index (χ3v) is 1.78. The monoisotopic (exact) mass is 235 g/mol. The van der Waals surface area contributed by atoms with Crippen LogP contribution in [0.2, 0.25) is 0 Å². The van der Waals surface area contributed by atoms with Crippen molar-refractivity contribution in [2.24, 2.45) is 0 Å². The van der Waals surface area contributed by atoms with Gasteiger partial charge in [-0.15, -0.1) is 0 Å². The van der Waals surface area contributed by atoms with Crippen LogP contribution >= 0.6 is 0 Å². The lowest BCUT2D eigenvalue weighted by Crippen LogP contribution is -2.05. The first kappa shape index (κ1) is 12.0. The van der Waals surface area contributed by atoms with E-state index in [-0.39, 0.29) is 12.1 Å². The number of rotatable bonds is 3. The lowest BCUT2D eigenvalue weighted by Gasteiger charge is -2.04. The van der Waals surface area contributed by atoms with E-state index in [0.29, 0.717) is 0 Å². The fourth-order valence-electron chi connectivity index (χ4n) is 1.07. The molecule has 8 heteroatoms. The standard InChI is InChI=1S/C8H4F3NO4/c9-5-1-4(7(10)11)6(12(15)16)2-3(5)8(13)14/h1-2,7H,(H,13,14). The van der Waals surface area contributed by atoms with Gasteiger partial charge in [0.25, 0.3) is 12.1 Å². The number of carboxylic acid groups (broad SMARTS) is 1. The van der Waals surface area contributed by atoms with E-state index >= 15 is 0 Å². The van der Waals surface area contributed by atoms with Crippen molar-refractivity contribution in [3.63, 3.8) is 0 Å². The van der Waals surface area contributed by atoms with Crippen LogP contribution in [0.5, 0.6) is 0 Å². The molecule has 0 aliphatic heterocycles. The number of hydrogen-bond acceptors (Lipinski definition) is 3. The number of benzene rings is 1. The number of nitrogens with zero attached hydrogens (tertiary/aromatic N) is 1. The molecule has 1 aromatic rings. The first-order valence-corrected chi connectivity index (χ1v) is 3.84. The molecule has 0 unspecified atom stereocenters. The molecule has 1 rings (SSSR count). The predicted octanol–water partition coefficient (Wildman–Crippen LogP) is 2.37. The van der Waals surface area contributed by atoms with Gasteiger partial charge in [0.15, 0.2) is 0 Å². The quantitative estimate of drug-likeness (QED) is 0.644. The van der Waals surface area contributed by atoms with Gasteiger partial charge in [-0.25, -0.2) is 18.0 Å². The van der Waals surface area contributed by atoms with Gasteiger partial charge >= 0.3 is 5.97 Å². The van der Waals surface area contributed by atoms with Crippen LogP contribution in [0.25, 0.3) is 0 Å². The van der Waals surface area contributed by atoms with Gasteiger partial charge in [0.1, 0.15) is 11.4 Å². The van der Waals surface area contributed by atoms with Crippen molar-refractivity contribution in [1.82, 2.24) is 0 Å². The van der Waals surface area contributed by atoms with Crippen molar-refractivity contribution in [2.75, 3.05) is 0 Å². The van der Waals surface area contributed by atoms with Crippen molar-refractivity contribution in [2.45, 2.75) is 6.43 Å². The second-order valence-electron chi connectivity index (χ2n) is 2.75. The Bertz CT molecular complexity index is 461. The molecule has 0 aliphatic carbocycles. The Balaban J connectivity index is 3.49. The Labute approximate surface area is 86.3 Å². The molecule has 0 aromatic heterocycles. The van der Waals surface area contributed by atoms with E-state index in [1.807, 2.05) is 0 Å². The van der Waals surface area contributed by atoms with E-state index < -0.39 is 39.9 Å². The van der Waals surface area contributed by atoms with Crippen molar-refractivity contribution >= 4 is 11.7 Å². The number of carboxylic acids is 1. The smallest absolute Gasteiger partial charge is 0.338 e. The van der Waals surface area contributed by atoms with Crippen LogP contribution in [0.3, 0.4) is 0 Å². The number of hydrogen-bond donors (Lipinski definition) is 1. The third-order valence-electron chi connectivity index (χ3n) is 1.78. The molecule has 16 heavy (non-hydrogen) atoms. The SMILES string of the molecule is O=C(O)c1cc([N+](=O)[O-])c(C(F)F)cc1F. The van der Waals surface area contributed by atoms with Crippen LogP contribution in [0.1, 0.15) is 22.3 Å². The third kappa shape index (κ3) is 2.10. The maximum absolute atomic E-state index is 13.0. The highest BCUT2D eigenvalue weighted by Crippen LogP contribution is 2.31. The molecule has 0 heterocycles. The fraction of sp³-hybridized carbons (Fsp3) is 0.125. The van der Waals surface area contributed by atoms with Crippen molar-refractivity contribution < 1.29 is 28.0 Å². The second-order valence-corrected chi connectivity index (χ2v) is 2.75. The lowest BCUT2D eigenvalue weighted by molar-refractivity contribution is -0.386. The number of alkyl halides is 2. The number of aromatic carboxylic acids is 1. The number of halogens is 3. The molecule has 0 saturated carbocycles. The largest absolute Gasteiger partial charge is 0.478 e. The minimum Gasteiger partial charge on any atom is -0.478 e. The summed E-state index contributed by atoms with van der Waals surface area (Å²) in [6, 6.07) is 0.436. The first-order chi connectivity index (χ1) is 7.34. The van der Waals surface area contributed by atoms with Gasteiger partial charge < -0.3 is 5.11 Å². The van der Waals surface area contributed by atoms with Gasteiger partial charge in [-0.3, -0.25) is 10.1 Å². The summed E-state index contributed by atoms with van der Waals surface area (Å²) in [6.45, 7) is 0. The van der Waals surface area contributed by atoms with Gasteiger partial charge in [-0.05, 0) is 6.07 Å². The van der Waals surface area contributed by atoms with E-state index in [0.717, 1.165) is 0 Å². The average Bonchev–Trinajstić information content (AvgIpc) is 2.15. The van der Waals surface area contributed by atoms with E-state index in [2.05, 4.69) is 0 Å². The van der Waals surface area contributed by atoms with E-state index in [9.17, 15) is 28.1 Å². The normalized spacial score (nSPS) is 10.5. The summed E-state index contributed by atoms with van der Waals surface area (Å²) in [5.74, 6) is -3.20. The fourth-order valence-corrected chi connectivity index (χ4v) is 1.07. The van der Waals surface area contributed by atoms with Gasteiger partial charge in [-0.1, -0.05) is 0 Å². The molecular formula is C8H4F3NO4. The molecule has 0 radical (unpaired) electrons. The highest BCUT2D eigenvalue weighted by molar-refractivity contribution is 5.89. The zero-order valence-electron chi connectivity index (χ0n) is 7.49.